The third kappa shape index (κ3) is 6.25. The van der Waals surface area contributed by atoms with Gasteiger partial charge >= 0.3 is 0 Å². The molecule has 2 aromatic rings. The molecule has 37 heavy (non-hydrogen) atoms. The van der Waals surface area contributed by atoms with Crippen LogP contribution in [0.3, 0.4) is 0 Å². The molecule has 8 heteroatoms. The average molecular weight is 511 g/mol. The second-order valence-electron chi connectivity index (χ2n) is 9.92. The van der Waals surface area contributed by atoms with Gasteiger partial charge in [0.1, 0.15) is 11.5 Å². The highest BCUT2D eigenvalue weighted by Gasteiger charge is 2.46. The van der Waals surface area contributed by atoms with Crippen LogP contribution in [0, 0.1) is 12.8 Å². The Hall–Kier alpha value is -3.52. The fraction of sp³-hybridized carbons (Fsp3) is 0.448. The van der Waals surface area contributed by atoms with Crippen LogP contribution in [0.25, 0.3) is 5.76 Å². The fourth-order valence-electron chi connectivity index (χ4n) is 4.32. The molecule has 0 aromatic heterocycles. The molecule has 0 bridgehead atoms. The minimum absolute atomic E-state index is 0.0487. The fourth-order valence-corrected chi connectivity index (χ4v) is 4.32. The van der Waals surface area contributed by atoms with Crippen LogP contribution in [0.15, 0.2) is 42.0 Å². The summed E-state index contributed by atoms with van der Waals surface area (Å²) in [5.41, 5.74) is 1.89. The van der Waals surface area contributed by atoms with Crippen molar-refractivity contribution >= 4 is 17.4 Å². The lowest BCUT2D eigenvalue weighted by Gasteiger charge is -2.27. The normalized spacial score (nSPS) is 17.1. The molecule has 0 saturated carbocycles. The van der Waals surface area contributed by atoms with Crippen molar-refractivity contribution in [3.8, 4) is 17.2 Å². The molecular formula is C29H38N2O6. The van der Waals surface area contributed by atoms with Crippen molar-refractivity contribution < 1.29 is 28.9 Å². The standard InChI is InChI=1S/C29H38N2O6/c1-18(2)12-15-37-23-11-8-20(17-24(23)36-7)26-25(28(33)29(34)31(26)14-13-30(4)5)27(32)22-10-9-21(35-6)16-19(22)3/h8-11,16-18,26,32H,12-15H2,1-7H3. The number of Topliss-reactive ketones (excluding diaryl/α,β-unsaturated/α-hetero) is 1. The Kier molecular flexibility index (Phi) is 9.21. The lowest BCUT2D eigenvalue weighted by Crippen LogP contribution is -2.35. The van der Waals surface area contributed by atoms with Gasteiger partial charge in [0, 0.05) is 18.7 Å². The maximum atomic E-state index is 13.3. The molecule has 1 fully saturated rings. The maximum Gasteiger partial charge on any atom is 0.295 e. The first-order valence-corrected chi connectivity index (χ1v) is 12.5. The van der Waals surface area contributed by atoms with Gasteiger partial charge in [-0.05, 0) is 74.8 Å². The lowest BCUT2D eigenvalue weighted by molar-refractivity contribution is -0.140. The summed E-state index contributed by atoms with van der Waals surface area (Å²) in [7, 11) is 6.92. The van der Waals surface area contributed by atoms with Gasteiger partial charge in [0.2, 0.25) is 0 Å². The number of carbonyl (C=O) groups is 2. The van der Waals surface area contributed by atoms with E-state index in [9.17, 15) is 14.7 Å². The Morgan fingerprint density at radius 1 is 1.05 bits per heavy atom. The summed E-state index contributed by atoms with van der Waals surface area (Å²) in [5.74, 6) is 0.650. The number of carbonyl (C=O) groups excluding carboxylic acids is 2. The number of ether oxygens (including phenoxy) is 3. The van der Waals surface area contributed by atoms with Gasteiger partial charge < -0.3 is 29.1 Å². The summed E-state index contributed by atoms with van der Waals surface area (Å²) in [5, 5.41) is 11.4. The molecule has 1 N–H and O–H groups in total. The average Bonchev–Trinajstić information content (AvgIpc) is 3.11. The number of ketones is 1. The molecule has 0 aliphatic carbocycles. The second kappa shape index (κ2) is 12.1. The van der Waals surface area contributed by atoms with Gasteiger partial charge in [0.05, 0.1) is 32.4 Å². The predicted octanol–water partition coefficient (Wildman–Crippen LogP) is 4.42. The first kappa shape index (κ1) is 28.1. The number of hydrogen-bond donors (Lipinski definition) is 1. The minimum Gasteiger partial charge on any atom is -0.507 e. The third-order valence-electron chi connectivity index (χ3n) is 6.47. The minimum atomic E-state index is -0.778. The molecule has 1 amide bonds. The summed E-state index contributed by atoms with van der Waals surface area (Å²) in [6, 6.07) is 9.79. The summed E-state index contributed by atoms with van der Waals surface area (Å²) < 4.78 is 16.8. The molecule has 1 saturated heterocycles. The van der Waals surface area contributed by atoms with Crippen LogP contribution in [0.5, 0.6) is 17.2 Å². The zero-order valence-electron chi connectivity index (χ0n) is 22.8. The molecule has 1 heterocycles. The Morgan fingerprint density at radius 2 is 1.78 bits per heavy atom. The number of rotatable bonds is 11. The van der Waals surface area contributed by atoms with Crippen molar-refractivity contribution in [1.82, 2.24) is 9.80 Å². The molecule has 0 spiro atoms. The second-order valence-corrected chi connectivity index (χ2v) is 9.92. The number of amides is 1. The highest BCUT2D eigenvalue weighted by molar-refractivity contribution is 6.46. The number of aliphatic hydroxyl groups excluding tert-OH is 1. The van der Waals surface area contributed by atoms with Crippen molar-refractivity contribution in [3.63, 3.8) is 0 Å². The highest BCUT2D eigenvalue weighted by atomic mass is 16.5. The highest BCUT2D eigenvalue weighted by Crippen LogP contribution is 2.42. The van der Waals surface area contributed by atoms with Gasteiger partial charge in [-0.25, -0.2) is 0 Å². The smallest absolute Gasteiger partial charge is 0.295 e. The molecule has 0 radical (unpaired) electrons. The Labute approximate surface area is 219 Å². The Bertz CT molecular complexity index is 1170. The first-order valence-electron chi connectivity index (χ1n) is 12.5. The van der Waals surface area contributed by atoms with E-state index in [-0.39, 0.29) is 11.3 Å². The van der Waals surface area contributed by atoms with Crippen LogP contribution in [0.1, 0.15) is 43.0 Å². The van der Waals surface area contributed by atoms with Crippen molar-refractivity contribution in [3.05, 3.63) is 58.7 Å². The molecule has 1 aliphatic rings. The molecule has 3 rings (SSSR count). The van der Waals surface area contributed by atoms with Crippen LogP contribution in [-0.2, 0) is 9.59 Å². The van der Waals surface area contributed by atoms with E-state index < -0.39 is 17.7 Å². The molecule has 200 valence electrons. The van der Waals surface area contributed by atoms with Crippen molar-refractivity contribution in [1.29, 1.82) is 0 Å². The van der Waals surface area contributed by atoms with E-state index in [2.05, 4.69) is 13.8 Å². The number of likely N-dealkylation sites (tertiary alicyclic amines) is 1. The molecule has 1 aliphatic heterocycles. The number of methoxy groups -OCH3 is 2. The van der Waals surface area contributed by atoms with Crippen LogP contribution in [0.4, 0.5) is 0 Å². The SMILES string of the molecule is COc1ccc(C(O)=C2C(=O)C(=O)N(CCN(C)C)C2c2ccc(OCCC(C)C)c(OC)c2)c(C)c1. The molecular weight excluding hydrogens is 472 g/mol. The largest absolute Gasteiger partial charge is 0.507 e. The number of benzene rings is 2. The van der Waals surface area contributed by atoms with Crippen molar-refractivity contribution in [2.24, 2.45) is 5.92 Å². The monoisotopic (exact) mass is 510 g/mol. The van der Waals surface area contributed by atoms with Crippen molar-refractivity contribution in [2.75, 3.05) is 48.0 Å². The number of nitrogens with zero attached hydrogens (tertiary/aromatic N) is 2. The summed E-state index contributed by atoms with van der Waals surface area (Å²) in [6.45, 7) is 7.50. The zero-order valence-corrected chi connectivity index (χ0v) is 22.8. The number of aliphatic hydroxyl groups is 1. The topological polar surface area (TPSA) is 88.5 Å². The first-order chi connectivity index (χ1) is 17.6. The van der Waals surface area contributed by atoms with Crippen molar-refractivity contribution in [2.45, 2.75) is 33.2 Å². The quantitative estimate of drug-likeness (QED) is 0.272. The van der Waals surface area contributed by atoms with E-state index in [1.807, 2.05) is 32.0 Å². The van der Waals surface area contributed by atoms with E-state index in [0.717, 1.165) is 12.0 Å². The third-order valence-corrected chi connectivity index (χ3v) is 6.47. The Balaban J connectivity index is 2.12. The maximum absolute atomic E-state index is 13.3. The van der Waals surface area contributed by atoms with Crippen LogP contribution < -0.4 is 14.2 Å². The van der Waals surface area contributed by atoms with Crippen LogP contribution in [-0.4, -0.2) is 74.6 Å². The summed E-state index contributed by atoms with van der Waals surface area (Å²) >= 11 is 0. The summed E-state index contributed by atoms with van der Waals surface area (Å²) in [4.78, 5) is 30.0. The van der Waals surface area contributed by atoms with E-state index in [4.69, 9.17) is 14.2 Å². The number of likely N-dealkylation sites (N-methyl/N-ethyl adjacent to an activating group) is 1. The molecule has 1 atom stereocenters. The van der Waals surface area contributed by atoms with Gasteiger partial charge in [-0.1, -0.05) is 19.9 Å². The predicted molar refractivity (Wildman–Crippen MR) is 143 cm³/mol. The van der Waals surface area contributed by atoms with Gasteiger partial charge in [-0.3, -0.25) is 9.59 Å². The van der Waals surface area contributed by atoms with Gasteiger partial charge in [0.25, 0.3) is 11.7 Å². The molecule has 8 nitrogen and oxygen atoms in total. The lowest BCUT2D eigenvalue weighted by atomic mass is 9.93. The van der Waals surface area contributed by atoms with Gasteiger partial charge in [0.15, 0.2) is 11.5 Å². The van der Waals surface area contributed by atoms with E-state index in [1.54, 1.807) is 44.6 Å². The summed E-state index contributed by atoms with van der Waals surface area (Å²) in [6.07, 6.45) is 0.900. The number of aryl methyl sites for hydroxylation is 1. The number of hydrogen-bond acceptors (Lipinski definition) is 7. The van der Waals surface area contributed by atoms with E-state index in [0.29, 0.717) is 54.0 Å². The molecule has 1 unspecified atom stereocenters. The van der Waals surface area contributed by atoms with Gasteiger partial charge in [-0.15, -0.1) is 0 Å². The van der Waals surface area contributed by atoms with E-state index in [1.165, 1.54) is 4.90 Å². The van der Waals surface area contributed by atoms with Crippen LogP contribution >= 0.6 is 0 Å². The molecule has 2 aromatic carbocycles. The van der Waals surface area contributed by atoms with Crippen LogP contribution in [0.2, 0.25) is 0 Å². The zero-order chi connectivity index (χ0) is 27.3. The Morgan fingerprint density at radius 3 is 2.38 bits per heavy atom. The van der Waals surface area contributed by atoms with E-state index >= 15 is 0 Å². The van der Waals surface area contributed by atoms with Gasteiger partial charge in [-0.2, -0.15) is 0 Å².